The largest absolute Gasteiger partial charge is 0.396 e. The first-order chi connectivity index (χ1) is 5.43. The smallest absolute Gasteiger partial charge is 0.0464 e. The zero-order valence-corrected chi connectivity index (χ0v) is 7.13. The van der Waals surface area contributed by atoms with E-state index in [0.29, 0.717) is 12.5 Å². The summed E-state index contributed by atoms with van der Waals surface area (Å²) in [4.78, 5) is 0. The fourth-order valence-electron chi connectivity index (χ4n) is 2.77. The molecule has 2 aliphatic carbocycles. The Labute approximate surface area is 68.8 Å². The van der Waals surface area contributed by atoms with Crippen LogP contribution in [0.4, 0.5) is 0 Å². The summed E-state index contributed by atoms with van der Waals surface area (Å²) in [5, 5.41) is 9.02. The Hall–Kier alpha value is -0.0400. The molecule has 0 aromatic carbocycles. The van der Waals surface area contributed by atoms with Crippen molar-refractivity contribution in [3.05, 3.63) is 0 Å². The van der Waals surface area contributed by atoms with Gasteiger partial charge in [-0.05, 0) is 30.6 Å². The van der Waals surface area contributed by atoms with Crippen LogP contribution >= 0.6 is 0 Å². The Balaban J connectivity index is 1.85. The maximum atomic E-state index is 9.02. The van der Waals surface area contributed by atoms with Crippen molar-refractivity contribution in [1.82, 2.24) is 0 Å². The molecule has 1 heteroatoms. The van der Waals surface area contributed by atoms with Crippen molar-refractivity contribution in [3.8, 4) is 0 Å². The van der Waals surface area contributed by atoms with Crippen LogP contribution < -0.4 is 0 Å². The predicted molar refractivity (Wildman–Crippen MR) is 45.3 cm³/mol. The van der Waals surface area contributed by atoms with Crippen molar-refractivity contribution >= 4 is 0 Å². The second-order valence-electron chi connectivity index (χ2n) is 4.17. The van der Waals surface area contributed by atoms with Gasteiger partial charge in [-0.2, -0.15) is 0 Å². The molecule has 0 bridgehead atoms. The van der Waals surface area contributed by atoms with Gasteiger partial charge in [-0.1, -0.05) is 25.7 Å². The zero-order chi connectivity index (χ0) is 7.68. The highest BCUT2D eigenvalue weighted by Gasteiger charge is 2.47. The van der Waals surface area contributed by atoms with Gasteiger partial charge in [0.1, 0.15) is 0 Å². The van der Waals surface area contributed by atoms with E-state index in [1.807, 2.05) is 0 Å². The van der Waals surface area contributed by atoms with E-state index in [9.17, 15) is 0 Å². The molecule has 2 saturated carbocycles. The Bertz CT molecular complexity index is 119. The van der Waals surface area contributed by atoms with Crippen LogP contribution in [0.15, 0.2) is 0 Å². The molecule has 2 unspecified atom stereocenters. The molecule has 0 aromatic heterocycles. The summed E-state index contributed by atoms with van der Waals surface area (Å²) in [6.07, 6.45) is 8.49. The van der Waals surface area contributed by atoms with Crippen molar-refractivity contribution in [3.63, 3.8) is 0 Å². The zero-order valence-electron chi connectivity index (χ0n) is 7.13. The molecule has 0 radical (unpaired) electrons. The van der Waals surface area contributed by atoms with Gasteiger partial charge < -0.3 is 5.11 Å². The van der Waals surface area contributed by atoms with Gasteiger partial charge in [-0.3, -0.25) is 0 Å². The van der Waals surface area contributed by atoms with Crippen LogP contribution in [0, 0.1) is 17.8 Å². The molecule has 64 valence electrons. The number of fused-ring (bicyclic) bond motifs is 1. The van der Waals surface area contributed by atoms with Gasteiger partial charge in [-0.15, -0.1) is 0 Å². The molecular formula is C10H18O. The number of aliphatic hydroxyl groups is 1. The number of rotatable bonds is 1. The molecule has 0 amide bonds. The average Bonchev–Trinajstić information content (AvgIpc) is 2.60. The van der Waals surface area contributed by atoms with Gasteiger partial charge in [0, 0.05) is 6.61 Å². The summed E-state index contributed by atoms with van der Waals surface area (Å²) in [7, 11) is 0. The summed E-state index contributed by atoms with van der Waals surface area (Å²) in [5.74, 6) is 2.54. The molecule has 2 aliphatic rings. The minimum atomic E-state index is 0.454. The quantitative estimate of drug-likeness (QED) is 0.614. The third-order valence-electron chi connectivity index (χ3n) is 3.54. The molecular weight excluding hydrogens is 136 g/mol. The topological polar surface area (TPSA) is 20.2 Å². The Morgan fingerprint density at radius 1 is 0.909 bits per heavy atom. The summed E-state index contributed by atoms with van der Waals surface area (Å²) >= 11 is 0. The second kappa shape index (κ2) is 3.14. The van der Waals surface area contributed by atoms with Crippen LogP contribution in [0.3, 0.4) is 0 Å². The van der Waals surface area contributed by atoms with E-state index >= 15 is 0 Å². The van der Waals surface area contributed by atoms with Crippen molar-refractivity contribution in [2.45, 2.75) is 38.5 Å². The first-order valence-corrected chi connectivity index (χ1v) is 5.04. The molecule has 2 rings (SSSR count). The highest BCUT2D eigenvalue weighted by molar-refractivity contribution is 4.96. The first-order valence-electron chi connectivity index (χ1n) is 5.04. The predicted octanol–water partition coefficient (Wildman–Crippen LogP) is 2.20. The Kier molecular flexibility index (Phi) is 2.17. The van der Waals surface area contributed by atoms with Gasteiger partial charge in [-0.25, -0.2) is 0 Å². The molecule has 0 heterocycles. The standard InChI is InChI=1S/C10H18O/c11-7-10-8-5-3-1-2-4-6-9(8)10/h8-11H,1-7H2. The third-order valence-corrected chi connectivity index (χ3v) is 3.54. The van der Waals surface area contributed by atoms with Gasteiger partial charge in [0.15, 0.2) is 0 Å². The van der Waals surface area contributed by atoms with E-state index in [1.54, 1.807) is 0 Å². The van der Waals surface area contributed by atoms with Gasteiger partial charge in [0.25, 0.3) is 0 Å². The average molecular weight is 154 g/mol. The summed E-state index contributed by atoms with van der Waals surface area (Å²) < 4.78 is 0. The van der Waals surface area contributed by atoms with Crippen LogP contribution in [0.1, 0.15) is 38.5 Å². The monoisotopic (exact) mass is 154 g/mol. The van der Waals surface area contributed by atoms with E-state index in [-0.39, 0.29) is 0 Å². The highest BCUT2D eigenvalue weighted by Crippen LogP contribution is 2.52. The highest BCUT2D eigenvalue weighted by atomic mass is 16.3. The summed E-state index contributed by atoms with van der Waals surface area (Å²) in [6.45, 7) is 0.454. The molecule has 11 heavy (non-hydrogen) atoms. The SMILES string of the molecule is OCC1C2CCCCCCC12. The lowest BCUT2D eigenvalue weighted by molar-refractivity contribution is 0.262. The lowest BCUT2D eigenvalue weighted by Gasteiger charge is -2.05. The van der Waals surface area contributed by atoms with E-state index in [4.69, 9.17) is 5.11 Å². The second-order valence-corrected chi connectivity index (χ2v) is 4.17. The number of hydrogen-bond acceptors (Lipinski definition) is 1. The van der Waals surface area contributed by atoms with E-state index < -0.39 is 0 Å². The van der Waals surface area contributed by atoms with Gasteiger partial charge >= 0.3 is 0 Å². The van der Waals surface area contributed by atoms with Crippen LogP contribution in [-0.2, 0) is 0 Å². The lowest BCUT2D eigenvalue weighted by atomic mass is 10.0. The van der Waals surface area contributed by atoms with Crippen molar-refractivity contribution in [2.24, 2.45) is 17.8 Å². The molecule has 0 aromatic rings. The summed E-state index contributed by atoms with van der Waals surface area (Å²) in [6, 6.07) is 0. The van der Waals surface area contributed by atoms with Gasteiger partial charge in [0.2, 0.25) is 0 Å². The summed E-state index contributed by atoms with van der Waals surface area (Å²) in [5.41, 5.74) is 0. The normalized spacial score (nSPS) is 43.9. The van der Waals surface area contributed by atoms with Crippen LogP contribution in [0.25, 0.3) is 0 Å². The maximum absolute atomic E-state index is 9.02. The fraction of sp³-hybridized carbons (Fsp3) is 1.00. The van der Waals surface area contributed by atoms with E-state index in [1.165, 1.54) is 38.5 Å². The molecule has 1 nitrogen and oxygen atoms in total. The number of hydrogen-bond donors (Lipinski definition) is 1. The van der Waals surface area contributed by atoms with Gasteiger partial charge in [0.05, 0.1) is 0 Å². The molecule has 0 saturated heterocycles. The maximum Gasteiger partial charge on any atom is 0.0464 e. The van der Waals surface area contributed by atoms with Crippen LogP contribution in [-0.4, -0.2) is 11.7 Å². The number of aliphatic hydroxyl groups excluding tert-OH is 1. The van der Waals surface area contributed by atoms with Crippen molar-refractivity contribution < 1.29 is 5.11 Å². The lowest BCUT2D eigenvalue weighted by Crippen LogP contribution is -1.90. The molecule has 1 N–H and O–H groups in total. The molecule has 0 spiro atoms. The Morgan fingerprint density at radius 2 is 1.45 bits per heavy atom. The minimum absolute atomic E-state index is 0.454. The van der Waals surface area contributed by atoms with Crippen molar-refractivity contribution in [2.75, 3.05) is 6.61 Å². The van der Waals surface area contributed by atoms with E-state index in [2.05, 4.69) is 0 Å². The fourth-order valence-corrected chi connectivity index (χ4v) is 2.77. The third kappa shape index (κ3) is 1.44. The van der Waals surface area contributed by atoms with Crippen LogP contribution in [0.5, 0.6) is 0 Å². The molecule has 2 fully saturated rings. The Morgan fingerprint density at radius 3 is 1.91 bits per heavy atom. The minimum Gasteiger partial charge on any atom is -0.396 e. The van der Waals surface area contributed by atoms with Crippen molar-refractivity contribution in [1.29, 1.82) is 0 Å². The van der Waals surface area contributed by atoms with E-state index in [0.717, 1.165) is 11.8 Å². The molecule has 2 atom stereocenters. The first kappa shape index (κ1) is 7.60. The van der Waals surface area contributed by atoms with Crippen LogP contribution in [0.2, 0.25) is 0 Å². The molecule has 0 aliphatic heterocycles.